The van der Waals surface area contributed by atoms with E-state index in [1.54, 1.807) is 22.1 Å². The highest BCUT2D eigenvalue weighted by atomic mass is 32.2. The monoisotopic (exact) mass is 393 g/mol. The van der Waals surface area contributed by atoms with Crippen LogP contribution in [-0.4, -0.2) is 53.9 Å². The van der Waals surface area contributed by atoms with Crippen LogP contribution in [0.15, 0.2) is 17.1 Å². The second-order valence-electron chi connectivity index (χ2n) is 6.80. The van der Waals surface area contributed by atoms with Gasteiger partial charge in [0.1, 0.15) is 0 Å². The summed E-state index contributed by atoms with van der Waals surface area (Å²) in [5.41, 5.74) is 2.13. The maximum atomic E-state index is 12.6. The number of ether oxygens (including phenoxy) is 1. The SMILES string of the molecule is CN(C)c1ncc(CNC2COCC2n2nc3c(cc2=O)CSCC3)s1. The van der Waals surface area contributed by atoms with Crippen LogP contribution < -0.4 is 15.8 Å². The molecule has 0 saturated carbocycles. The molecule has 2 aromatic rings. The molecule has 4 rings (SSSR count). The van der Waals surface area contributed by atoms with Gasteiger partial charge in [-0.15, -0.1) is 11.3 Å². The summed E-state index contributed by atoms with van der Waals surface area (Å²) in [5, 5.41) is 9.20. The van der Waals surface area contributed by atoms with Gasteiger partial charge in [-0.2, -0.15) is 16.9 Å². The molecule has 2 aliphatic rings. The van der Waals surface area contributed by atoms with Crippen LogP contribution in [0.4, 0.5) is 5.13 Å². The van der Waals surface area contributed by atoms with Gasteiger partial charge in [0.15, 0.2) is 5.13 Å². The minimum atomic E-state index is -0.0661. The van der Waals surface area contributed by atoms with E-state index in [0.29, 0.717) is 19.8 Å². The fourth-order valence-electron chi connectivity index (χ4n) is 3.26. The quantitative estimate of drug-likeness (QED) is 0.820. The molecule has 1 N–H and O–H groups in total. The summed E-state index contributed by atoms with van der Waals surface area (Å²) in [4.78, 5) is 20.1. The van der Waals surface area contributed by atoms with Gasteiger partial charge in [0.25, 0.3) is 5.56 Å². The van der Waals surface area contributed by atoms with Crippen molar-refractivity contribution < 1.29 is 4.74 Å². The van der Waals surface area contributed by atoms with E-state index in [9.17, 15) is 4.79 Å². The smallest absolute Gasteiger partial charge is 0.267 e. The number of hydrogen-bond donors (Lipinski definition) is 1. The minimum Gasteiger partial charge on any atom is -0.377 e. The molecule has 7 nitrogen and oxygen atoms in total. The van der Waals surface area contributed by atoms with Crippen molar-refractivity contribution in [3.05, 3.63) is 38.8 Å². The lowest BCUT2D eigenvalue weighted by molar-refractivity contribution is 0.180. The molecule has 0 aromatic carbocycles. The number of nitrogens with one attached hydrogen (secondary N) is 1. The van der Waals surface area contributed by atoms with Gasteiger partial charge in [-0.1, -0.05) is 0 Å². The number of thioether (sulfide) groups is 1. The van der Waals surface area contributed by atoms with Gasteiger partial charge in [-0.3, -0.25) is 4.79 Å². The first kappa shape index (κ1) is 18.0. The number of aryl methyl sites for hydroxylation is 1. The number of rotatable bonds is 5. The number of aromatic nitrogens is 3. The Labute approximate surface area is 160 Å². The largest absolute Gasteiger partial charge is 0.377 e. The van der Waals surface area contributed by atoms with Crippen LogP contribution in [0.5, 0.6) is 0 Å². The molecule has 2 aromatic heterocycles. The summed E-state index contributed by atoms with van der Waals surface area (Å²) in [6.07, 6.45) is 2.83. The molecule has 0 bridgehead atoms. The molecule has 1 fully saturated rings. The van der Waals surface area contributed by atoms with Crippen LogP contribution >= 0.6 is 23.1 Å². The van der Waals surface area contributed by atoms with Crippen molar-refractivity contribution in [2.45, 2.75) is 30.8 Å². The average Bonchev–Trinajstić information content (AvgIpc) is 3.28. The van der Waals surface area contributed by atoms with E-state index in [0.717, 1.165) is 34.3 Å². The van der Waals surface area contributed by atoms with Gasteiger partial charge in [0.2, 0.25) is 0 Å². The van der Waals surface area contributed by atoms with Crippen LogP contribution in [0, 0.1) is 0 Å². The molecule has 9 heteroatoms. The molecule has 140 valence electrons. The molecule has 2 aliphatic heterocycles. The van der Waals surface area contributed by atoms with E-state index in [2.05, 4.69) is 15.4 Å². The Bertz CT molecular complexity index is 835. The standard InChI is InChI=1S/C17H23N5O2S2/c1-21(2)17-19-7-12(26-17)6-18-14-8-24-9-15(14)22-16(23)5-11-10-25-4-3-13(11)20-22/h5,7,14-15,18H,3-4,6,8-10H2,1-2H3. The molecule has 4 heterocycles. The molecule has 2 atom stereocenters. The highest BCUT2D eigenvalue weighted by Gasteiger charge is 2.32. The lowest BCUT2D eigenvalue weighted by Crippen LogP contribution is -2.41. The minimum absolute atomic E-state index is 0.0266. The predicted molar refractivity (Wildman–Crippen MR) is 105 cm³/mol. The molecular formula is C17H23N5O2S2. The molecule has 0 radical (unpaired) electrons. The third kappa shape index (κ3) is 3.66. The number of nitrogens with zero attached hydrogens (tertiary/aromatic N) is 4. The highest BCUT2D eigenvalue weighted by Crippen LogP contribution is 2.24. The van der Waals surface area contributed by atoms with E-state index in [4.69, 9.17) is 4.74 Å². The van der Waals surface area contributed by atoms with E-state index < -0.39 is 0 Å². The molecule has 0 aliphatic carbocycles. The lowest BCUT2D eigenvalue weighted by Gasteiger charge is -2.22. The summed E-state index contributed by atoms with van der Waals surface area (Å²) in [6, 6.07) is 1.76. The normalized spacial score (nSPS) is 22.4. The van der Waals surface area contributed by atoms with Gasteiger partial charge in [0, 0.05) is 50.0 Å². The number of hydrogen-bond acceptors (Lipinski definition) is 8. The third-order valence-electron chi connectivity index (χ3n) is 4.69. The van der Waals surface area contributed by atoms with Crippen molar-refractivity contribution in [1.82, 2.24) is 20.1 Å². The Morgan fingerprint density at radius 3 is 3.12 bits per heavy atom. The van der Waals surface area contributed by atoms with Crippen molar-refractivity contribution in [1.29, 1.82) is 0 Å². The van der Waals surface area contributed by atoms with E-state index >= 15 is 0 Å². The Hall–Kier alpha value is -1.42. The van der Waals surface area contributed by atoms with E-state index in [1.165, 1.54) is 4.88 Å². The first-order valence-corrected chi connectivity index (χ1v) is 10.7. The summed E-state index contributed by atoms with van der Waals surface area (Å²) < 4.78 is 7.30. The van der Waals surface area contributed by atoms with E-state index in [1.807, 2.05) is 37.0 Å². The fourth-order valence-corrected chi connectivity index (χ4v) is 5.00. The summed E-state index contributed by atoms with van der Waals surface area (Å²) in [6.45, 7) is 1.82. The summed E-state index contributed by atoms with van der Waals surface area (Å²) >= 11 is 3.53. The molecule has 26 heavy (non-hydrogen) atoms. The Morgan fingerprint density at radius 1 is 1.42 bits per heavy atom. The van der Waals surface area contributed by atoms with Crippen molar-refractivity contribution in [2.75, 3.05) is 38.0 Å². The zero-order valence-corrected chi connectivity index (χ0v) is 16.6. The number of anilines is 1. The van der Waals surface area contributed by atoms with Gasteiger partial charge >= 0.3 is 0 Å². The highest BCUT2D eigenvalue weighted by molar-refractivity contribution is 7.98. The fraction of sp³-hybridized carbons (Fsp3) is 0.588. The molecule has 0 spiro atoms. The average molecular weight is 394 g/mol. The van der Waals surface area contributed by atoms with Gasteiger partial charge in [-0.05, 0) is 11.3 Å². The van der Waals surface area contributed by atoms with Crippen LogP contribution in [0.3, 0.4) is 0 Å². The Kier molecular flexibility index (Phi) is 5.30. The third-order valence-corrected chi connectivity index (χ3v) is 6.86. The van der Waals surface area contributed by atoms with Crippen LogP contribution in [0.25, 0.3) is 0 Å². The van der Waals surface area contributed by atoms with Crippen molar-refractivity contribution in [3.8, 4) is 0 Å². The second-order valence-corrected chi connectivity index (χ2v) is 9.00. The summed E-state index contributed by atoms with van der Waals surface area (Å²) in [5.74, 6) is 1.96. The van der Waals surface area contributed by atoms with Crippen molar-refractivity contribution >= 4 is 28.2 Å². The number of thiazole rings is 1. The van der Waals surface area contributed by atoms with Crippen LogP contribution in [0.2, 0.25) is 0 Å². The Balaban J connectivity index is 1.48. The second kappa shape index (κ2) is 7.67. The zero-order valence-electron chi connectivity index (χ0n) is 15.0. The molecule has 2 unspecified atom stereocenters. The molecule has 0 amide bonds. The first-order valence-electron chi connectivity index (χ1n) is 8.74. The van der Waals surface area contributed by atoms with Gasteiger partial charge in [0.05, 0.1) is 31.0 Å². The van der Waals surface area contributed by atoms with Crippen LogP contribution in [0.1, 0.15) is 22.2 Å². The zero-order chi connectivity index (χ0) is 18.1. The van der Waals surface area contributed by atoms with Crippen molar-refractivity contribution in [3.63, 3.8) is 0 Å². The predicted octanol–water partition coefficient (Wildman–Crippen LogP) is 1.28. The Morgan fingerprint density at radius 2 is 2.31 bits per heavy atom. The molecule has 1 saturated heterocycles. The van der Waals surface area contributed by atoms with Crippen molar-refractivity contribution in [2.24, 2.45) is 0 Å². The topological polar surface area (TPSA) is 72.3 Å². The van der Waals surface area contributed by atoms with Crippen LogP contribution in [-0.2, 0) is 23.5 Å². The molecular weight excluding hydrogens is 370 g/mol. The van der Waals surface area contributed by atoms with E-state index in [-0.39, 0.29) is 17.6 Å². The maximum absolute atomic E-state index is 12.6. The lowest BCUT2D eigenvalue weighted by atomic mass is 10.1. The summed E-state index contributed by atoms with van der Waals surface area (Å²) in [7, 11) is 3.98. The number of fused-ring (bicyclic) bond motifs is 1. The van der Waals surface area contributed by atoms with Gasteiger partial charge < -0.3 is 15.0 Å². The first-order chi connectivity index (χ1) is 12.6. The maximum Gasteiger partial charge on any atom is 0.267 e. The van der Waals surface area contributed by atoms with Gasteiger partial charge in [-0.25, -0.2) is 9.67 Å².